The van der Waals surface area contributed by atoms with Gasteiger partial charge in [-0.3, -0.25) is 14.6 Å². The first-order valence-corrected chi connectivity index (χ1v) is 8.93. The van der Waals surface area contributed by atoms with Crippen LogP contribution in [0.1, 0.15) is 37.4 Å². The number of pyridine rings is 1. The van der Waals surface area contributed by atoms with Crippen LogP contribution in [0, 0.1) is 6.92 Å². The second-order valence-electron chi connectivity index (χ2n) is 6.65. The van der Waals surface area contributed by atoms with Crippen LogP contribution in [0.15, 0.2) is 60.9 Å². The smallest absolute Gasteiger partial charge is 0.255 e. The van der Waals surface area contributed by atoms with Crippen molar-refractivity contribution in [1.29, 1.82) is 0 Å². The number of fused-ring (bicyclic) bond motifs is 1. The van der Waals surface area contributed by atoms with Crippen molar-refractivity contribution >= 4 is 23.2 Å². The fourth-order valence-corrected chi connectivity index (χ4v) is 3.03. The normalized spacial score (nSPS) is 12.3. The number of hydrogen-bond donors (Lipinski definition) is 2. The third-order valence-corrected chi connectivity index (χ3v) is 4.66. The number of hydrogen-bond acceptors (Lipinski definition) is 4. The van der Waals surface area contributed by atoms with Crippen LogP contribution in [0.3, 0.4) is 0 Å². The predicted octanol–water partition coefficient (Wildman–Crippen LogP) is 3.92. The standard InChI is InChI=1S/C22H19N3O3/c1-14-11-23-9-8-20(14)25-21(26)15-4-6-19(7-5-15)24-22(27)16-2-3-17-12-28-13-18(17)10-16/h2-11H,12-13H2,1H3,(H,24,27)(H,23,25,26). The van der Waals surface area contributed by atoms with Crippen molar-refractivity contribution < 1.29 is 14.3 Å². The van der Waals surface area contributed by atoms with Gasteiger partial charge in [0.1, 0.15) is 0 Å². The van der Waals surface area contributed by atoms with E-state index in [2.05, 4.69) is 15.6 Å². The van der Waals surface area contributed by atoms with E-state index in [0.717, 1.165) is 22.4 Å². The molecule has 2 N–H and O–H groups in total. The third-order valence-electron chi connectivity index (χ3n) is 4.66. The number of benzene rings is 2. The Kier molecular flexibility index (Phi) is 4.87. The Bertz CT molecular complexity index is 1050. The molecule has 0 saturated carbocycles. The summed E-state index contributed by atoms with van der Waals surface area (Å²) in [5.74, 6) is -0.412. The molecule has 6 heteroatoms. The summed E-state index contributed by atoms with van der Waals surface area (Å²) in [5, 5.41) is 5.71. The molecule has 0 bridgehead atoms. The van der Waals surface area contributed by atoms with Crippen molar-refractivity contribution in [3.05, 3.63) is 88.7 Å². The first-order chi connectivity index (χ1) is 13.6. The molecule has 4 rings (SSSR count). The van der Waals surface area contributed by atoms with Crippen LogP contribution >= 0.6 is 0 Å². The van der Waals surface area contributed by atoms with Gasteiger partial charge < -0.3 is 15.4 Å². The lowest BCUT2D eigenvalue weighted by Gasteiger charge is -2.09. The SMILES string of the molecule is Cc1cnccc1NC(=O)c1ccc(NC(=O)c2ccc3c(c2)COC3)cc1. The molecule has 0 atom stereocenters. The molecular weight excluding hydrogens is 354 g/mol. The number of aryl methyl sites for hydroxylation is 1. The van der Waals surface area contributed by atoms with E-state index in [0.29, 0.717) is 30.0 Å². The number of ether oxygens (including phenoxy) is 1. The van der Waals surface area contributed by atoms with Crippen LogP contribution in [0.2, 0.25) is 0 Å². The molecule has 2 heterocycles. The second-order valence-corrected chi connectivity index (χ2v) is 6.65. The van der Waals surface area contributed by atoms with Crippen LogP contribution in [0.5, 0.6) is 0 Å². The van der Waals surface area contributed by atoms with Crippen molar-refractivity contribution in [2.75, 3.05) is 10.6 Å². The molecule has 28 heavy (non-hydrogen) atoms. The average molecular weight is 373 g/mol. The molecule has 0 aliphatic carbocycles. The number of carbonyl (C=O) groups excluding carboxylic acids is 2. The summed E-state index contributed by atoms with van der Waals surface area (Å²) in [6.45, 7) is 3.02. The maximum atomic E-state index is 12.5. The minimum Gasteiger partial charge on any atom is -0.372 e. The summed E-state index contributed by atoms with van der Waals surface area (Å²) in [6, 6.07) is 14.1. The highest BCUT2D eigenvalue weighted by atomic mass is 16.5. The van der Waals surface area contributed by atoms with Crippen LogP contribution in [0.4, 0.5) is 11.4 Å². The predicted molar refractivity (Wildman–Crippen MR) is 106 cm³/mol. The van der Waals surface area contributed by atoms with E-state index in [1.165, 1.54) is 0 Å². The lowest BCUT2D eigenvalue weighted by molar-refractivity contribution is 0.101. The number of rotatable bonds is 4. The molecule has 0 spiro atoms. The van der Waals surface area contributed by atoms with E-state index in [1.54, 1.807) is 48.8 Å². The molecule has 1 aliphatic rings. The van der Waals surface area contributed by atoms with E-state index >= 15 is 0 Å². The lowest BCUT2D eigenvalue weighted by Crippen LogP contribution is -2.14. The fraction of sp³-hybridized carbons (Fsp3) is 0.136. The van der Waals surface area contributed by atoms with Gasteiger partial charge in [-0.1, -0.05) is 6.07 Å². The largest absolute Gasteiger partial charge is 0.372 e. The number of carbonyl (C=O) groups is 2. The summed E-state index contributed by atoms with van der Waals surface area (Å²) in [5.41, 5.74) is 5.49. The number of amides is 2. The van der Waals surface area contributed by atoms with Crippen molar-refractivity contribution in [2.45, 2.75) is 20.1 Å². The van der Waals surface area contributed by atoms with Crippen molar-refractivity contribution in [3.63, 3.8) is 0 Å². The van der Waals surface area contributed by atoms with Gasteiger partial charge in [0, 0.05) is 34.9 Å². The van der Waals surface area contributed by atoms with Crippen LogP contribution in [-0.2, 0) is 18.0 Å². The zero-order valence-corrected chi connectivity index (χ0v) is 15.4. The average Bonchev–Trinajstić information content (AvgIpc) is 3.18. The van der Waals surface area contributed by atoms with Gasteiger partial charge >= 0.3 is 0 Å². The molecule has 0 unspecified atom stereocenters. The van der Waals surface area contributed by atoms with Gasteiger partial charge in [0.25, 0.3) is 11.8 Å². The molecule has 2 aromatic carbocycles. The van der Waals surface area contributed by atoms with Crippen LogP contribution in [-0.4, -0.2) is 16.8 Å². The zero-order chi connectivity index (χ0) is 19.5. The van der Waals surface area contributed by atoms with Gasteiger partial charge in [-0.05, 0) is 66.1 Å². The van der Waals surface area contributed by atoms with E-state index in [1.807, 2.05) is 19.1 Å². The Hall–Kier alpha value is -3.51. The number of aromatic nitrogens is 1. The van der Waals surface area contributed by atoms with Gasteiger partial charge in [-0.15, -0.1) is 0 Å². The van der Waals surface area contributed by atoms with Crippen molar-refractivity contribution in [2.24, 2.45) is 0 Å². The maximum absolute atomic E-state index is 12.5. The second kappa shape index (κ2) is 7.62. The quantitative estimate of drug-likeness (QED) is 0.726. The van der Waals surface area contributed by atoms with Gasteiger partial charge in [0.15, 0.2) is 0 Å². The van der Waals surface area contributed by atoms with Crippen LogP contribution in [0.25, 0.3) is 0 Å². The topological polar surface area (TPSA) is 80.3 Å². The minimum absolute atomic E-state index is 0.195. The molecule has 0 fully saturated rings. The summed E-state index contributed by atoms with van der Waals surface area (Å²) < 4.78 is 5.38. The Labute approximate surface area is 162 Å². The fourth-order valence-electron chi connectivity index (χ4n) is 3.03. The number of nitrogens with one attached hydrogen (secondary N) is 2. The number of nitrogens with zero attached hydrogens (tertiary/aromatic N) is 1. The first-order valence-electron chi connectivity index (χ1n) is 8.93. The van der Waals surface area contributed by atoms with Gasteiger partial charge in [0.2, 0.25) is 0 Å². The highest BCUT2D eigenvalue weighted by molar-refractivity contribution is 6.06. The van der Waals surface area contributed by atoms with Gasteiger partial charge in [-0.2, -0.15) is 0 Å². The van der Waals surface area contributed by atoms with Crippen molar-refractivity contribution in [3.8, 4) is 0 Å². The van der Waals surface area contributed by atoms with E-state index in [4.69, 9.17) is 4.74 Å². The highest BCUT2D eigenvalue weighted by Gasteiger charge is 2.15. The molecule has 1 aliphatic heterocycles. The Balaban J connectivity index is 1.42. The van der Waals surface area contributed by atoms with E-state index in [-0.39, 0.29) is 11.8 Å². The summed E-state index contributed by atoms with van der Waals surface area (Å²) in [4.78, 5) is 28.9. The molecule has 3 aromatic rings. The van der Waals surface area contributed by atoms with Crippen LogP contribution < -0.4 is 10.6 Å². The Morgan fingerprint density at radius 3 is 2.39 bits per heavy atom. The maximum Gasteiger partial charge on any atom is 0.255 e. The zero-order valence-electron chi connectivity index (χ0n) is 15.4. The number of anilines is 2. The minimum atomic E-state index is -0.217. The highest BCUT2D eigenvalue weighted by Crippen LogP contribution is 2.22. The first kappa shape index (κ1) is 17.9. The van der Waals surface area contributed by atoms with E-state index < -0.39 is 0 Å². The van der Waals surface area contributed by atoms with Crippen molar-refractivity contribution in [1.82, 2.24) is 4.98 Å². The summed E-state index contributed by atoms with van der Waals surface area (Å²) >= 11 is 0. The lowest BCUT2D eigenvalue weighted by atomic mass is 10.1. The molecule has 0 radical (unpaired) electrons. The summed E-state index contributed by atoms with van der Waals surface area (Å²) in [7, 11) is 0. The molecular formula is C22H19N3O3. The Morgan fingerprint density at radius 2 is 1.61 bits per heavy atom. The molecule has 1 aromatic heterocycles. The van der Waals surface area contributed by atoms with E-state index in [9.17, 15) is 9.59 Å². The summed E-state index contributed by atoms with van der Waals surface area (Å²) in [6.07, 6.45) is 3.33. The molecule has 140 valence electrons. The molecule has 0 saturated heterocycles. The molecule has 6 nitrogen and oxygen atoms in total. The van der Waals surface area contributed by atoms with Gasteiger partial charge in [0.05, 0.1) is 13.2 Å². The third kappa shape index (κ3) is 3.77. The molecule has 2 amide bonds. The van der Waals surface area contributed by atoms with Gasteiger partial charge in [-0.25, -0.2) is 0 Å². The Morgan fingerprint density at radius 1 is 0.893 bits per heavy atom. The monoisotopic (exact) mass is 373 g/mol.